The maximum absolute atomic E-state index is 12.9. The largest absolute Gasteiger partial charge is 0.493 e. The highest BCUT2D eigenvalue weighted by molar-refractivity contribution is 8.26. The molecular weight excluding hydrogens is 432 g/mol. The fourth-order valence-electron chi connectivity index (χ4n) is 3.04. The number of carbonyl (C=O) groups is 2. The molecule has 0 spiro atoms. The van der Waals surface area contributed by atoms with Crippen molar-refractivity contribution in [2.24, 2.45) is 0 Å². The summed E-state index contributed by atoms with van der Waals surface area (Å²) >= 11 is 6.43. The van der Waals surface area contributed by atoms with E-state index in [9.17, 15) is 9.59 Å². The number of ether oxygens (including phenoxy) is 2. The number of allylic oxidation sites excluding steroid dienone is 1. The summed E-state index contributed by atoms with van der Waals surface area (Å²) in [5.41, 5.74) is 4.66. The van der Waals surface area contributed by atoms with Crippen LogP contribution in [-0.2, 0) is 11.2 Å². The molecule has 2 aromatic carbocycles. The molecule has 0 saturated carbocycles. The highest BCUT2D eigenvalue weighted by atomic mass is 32.2. The average Bonchev–Trinajstić information content (AvgIpc) is 3.02. The summed E-state index contributed by atoms with van der Waals surface area (Å²) in [6.45, 7) is 6.15. The monoisotopic (exact) mass is 454 g/mol. The van der Waals surface area contributed by atoms with Crippen LogP contribution >= 0.6 is 24.0 Å². The van der Waals surface area contributed by atoms with E-state index in [1.54, 1.807) is 43.5 Å². The van der Waals surface area contributed by atoms with Crippen LogP contribution in [0.2, 0.25) is 0 Å². The van der Waals surface area contributed by atoms with E-state index in [4.69, 9.17) is 21.7 Å². The minimum absolute atomic E-state index is 0.255. The summed E-state index contributed by atoms with van der Waals surface area (Å²) in [6, 6.07) is 12.4. The predicted molar refractivity (Wildman–Crippen MR) is 127 cm³/mol. The molecule has 0 unspecified atom stereocenters. The first-order valence-corrected chi connectivity index (χ1v) is 10.8. The van der Waals surface area contributed by atoms with E-state index in [-0.39, 0.29) is 4.32 Å². The van der Waals surface area contributed by atoms with Crippen LogP contribution in [0, 0.1) is 0 Å². The van der Waals surface area contributed by atoms with E-state index in [1.165, 1.54) is 0 Å². The first-order chi connectivity index (χ1) is 15.0. The molecule has 0 bridgehead atoms. The van der Waals surface area contributed by atoms with Gasteiger partial charge in [-0.25, -0.2) is 0 Å². The average molecular weight is 455 g/mol. The lowest BCUT2D eigenvalue weighted by Gasteiger charge is -2.15. The second kappa shape index (κ2) is 10.3. The van der Waals surface area contributed by atoms with Crippen molar-refractivity contribution in [1.29, 1.82) is 0 Å². The number of benzene rings is 2. The summed E-state index contributed by atoms with van der Waals surface area (Å²) in [6.07, 6.45) is 4.08. The number of hydrogen-bond donors (Lipinski definition) is 1. The lowest BCUT2D eigenvalue weighted by molar-refractivity contribution is -0.123. The van der Waals surface area contributed by atoms with Gasteiger partial charge in [0.1, 0.15) is 0 Å². The van der Waals surface area contributed by atoms with Crippen molar-refractivity contribution in [3.8, 4) is 11.5 Å². The quantitative estimate of drug-likeness (QED) is 0.363. The predicted octanol–water partition coefficient (Wildman–Crippen LogP) is 4.37. The molecular formula is C23H22N2O4S2. The molecule has 0 atom stereocenters. The van der Waals surface area contributed by atoms with E-state index in [0.717, 1.165) is 27.9 Å². The zero-order chi connectivity index (χ0) is 22.4. The number of nitrogens with zero attached hydrogens (tertiary/aromatic N) is 1. The van der Waals surface area contributed by atoms with Gasteiger partial charge in [-0.15, -0.1) is 6.58 Å². The van der Waals surface area contributed by atoms with Gasteiger partial charge in [-0.1, -0.05) is 36.0 Å². The third-order valence-electron chi connectivity index (χ3n) is 4.36. The number of nitrogens with one attached hydrogen (secondary N) is 1. The van der Waals surface area contributed by atoms with Gasteiger partial charge in [0.2, 0.25) is 0 Å². The van der Waals surface area contributed by atoms with Crippen molar-refractivity contribution in [2.45, 2.75) is 13.3 Å². The van der Waals surface area contributed by atoms with Crippen LogP contribution < -0.4 is 14.9 Å². The van der Waals surface area contributed by atoms with E-state index in [2.05, 4.69) is 12.0 Å². The molecule has 1 saturated heterocycles. The summed E-state index contributed by atoms with van der Waals surface area (Å²) in [4.78, 5) is 25.7. The van der Waals surface area contributed by atoms with Crippen molar-refractivity contribution in [3.63, 3.8) is 0 Å². The molecule has 0 aromatic heterocycles. The molecule has 31 heavy (non-hydrogen) atoms. The standard InChI is InChI=1S/C23H22N2O4S2/c1-4-9-17-12-15(13-18(29-5-2)20(17)28-3)14-19-22(27)25(23(30)31-19)24-21(26)16-10-7-6-8-11-16/h4,6-8,10-14H,1,5,9H2,2-3H3,(H,24,26). The number of methoxy groups -OCH3 is 1. The molecule has 1 fully saturated rings. The fourth-order valence-corrected chi connectivity index (χ4v) is 4.22. The van der Waals surface area contributed by atoms with E-state index in [1.807, 2.05) is 25.1 Å². The van der Waals surface area contributed by atoms with Crippen LogP contribution in [0.25, 0.3) is 6.08 Å². The minimum atomic E-state index is -0.408. The number of carbonyl (C=O) groups excluding carboxylic acids is 2. The first-order valence-electron chi connectivity index (χ1n) is 9.57. The van der Waals surface area contributed by atoms with Crippen LogP contribution in [0.5, 0.6) is 11.5 Å². The van der Waals surface area contributed by atoms with E-state index >= 15 is 0 Å². The molecule has 1 heterocycles. The maximum atomic E-state index is 12.9. The van der Waals surface area contributed by atoms with Gasteiger partial charge in [-0.3, -0.25) is 15.0 Å². The molecule has 2 aromatic rings. The van der Waals surface area contributed by atoms with Crippen LogP contribution in [0.1, 0.15) is 28.4 Å². The van der Waals surface area contributed by atoms with Crippen LogP contribution in [0.4, 0.5) is 0 Å². The molecule has 6 nitrogen and oxygen atoms in total. The number of thiocarbonyl (C=S) groups is 1. The van der Waals surface area contributed by atoms with Crippen molar-refractivity contribution in [1.82, 2.24) is 10.4 Å². The Morgan fingerprint density at radius 2 is 2.03 bits per heavy atom. The van der Waals surface area contributed by atoms with Crippen LogP contribution in [-0.4, -0.2) is 34.9 Å². The summed E-state index contributed by atoms with van der Waals surface area (Å²) in [7, 11) is 1.59. The van der Waals surface area contributed by atoms with Crippen molar-refractivity contribution in [2.75, 3.05) is 13.7 Å². The Morgan fingerprint density at radius 1 is 1.29 bits per heavy atom. The van der Waals surface area contributed by atoms with Gasteiger partial charge in [-0.05, 0) is 61.5 Å². The van der Waals surface area contributed by atoms with Crippen molar-refractivity contribution < 1.29 is 19.1 Å². The number of rotatable bonds is 8. The number of hydrogen-bond acceptors (Lipinski definition) is 6. The molecule has 8 heteroatoms. The SMILES string of the molecule is C=CCc1cc(C=C2SC(=S)N(NC(=O)c3ccccc3)C2=O)cc(OCC)c1OC. The Morgan fingerprint density at radius 3 is 2.68 bits per heavy atom. The van der Waals surface area contributed by atoms with Gasteiger partial charge >= 0.3 is 0 Å². The number of thioether (sulfide) groups is 1. The topological polar surface area (TPSA) is 67.9 Å². The molecule has 1 N–H and O–H groups in total. The Bertz CT molecular complexity index is 1050. The van der Waals surface area contributed by atoms with Gasteiger partial charge in [0.25, 0.3) is 11.8 Å². The van der Waals surface area contributed by atoms with Crippen molar-refractivity contribution >= 4 is 46.2 Å². The first kappa shape index (κ1) is 22.6. The molecule has 3 rings (SSSR count). The van der Waals surface area contributed by atoms with Crippen molar-refractivity contribution in [3.05, 3.63) is 76.7 Å². The molecule has 2 amide bonds. The molecule has 1 aliphatic heterocycles. The van der Waals surface area contributed by atoms with Gasteiger partial charge in [0, 0.05) is 11.1 Å². The normalized spacial score (nSPS) is 14.6. The Balaban J connectivity index is 1.88. The summed E-state index contributed by atoms with van der Waals surface area (Å²) in [5, 5.41) is 1.10. The highest BCUT2D eigenvalue weighted by Gasteiger charge is 2.34. The van der Waals surface area contributed by atoms with Crippen LogP contribution in [0.15, 0.2) is 60.0 Å². The van der Waals surface area contributed by atoms with Gasteiger partial charge in [0.05, 0.1) is 18.6 Å². The second-order valence-corrected chi connectivity index (χ2v) is 8.14. The lowest BCUT2D eigenvalue weighted by Crippen LogP contribution is -2.44. The van der Waals surface area contributed by atoms with E-state index in [0.29, 0.717) is 35.0 Å². The fraction of sp³-hybridized carbons (Fsp3) is 0.174. The Labute approximate surface area is 190 Å². The van der Waals surface area contributed by atoms with Gasteiger partial charge < -0.3 is 9.47 Å². The molecule has 1 aliphatic rings. The number of hydrazine groups is 1. The highest BCUT2D eigenvalue weighted by Crippen LogP contribution is 2.36. The minimum Gasteiger partial charge on any atom is -0.493 e. The molecule has 0 aliphatic carbocycles. The summed E-state index contributed by atoms with van der Waals surface area (Å²) < 4.78 is 11.5. The van der Waals surface area contributed by atoms with E-state index < -0.39 is 11.8 Å². The van der Waals surface area contributed by atoms with Gasteiger partial charge in [-0.2, -0.15) is 5.01 Å². The third-order valence-corrected chi connectivity index (χ3v) is 5.67. The molecule has 0 radical (unpaired) electrons. The number of amides is 2. The van der Waals surface area contributed by atoms with Crippen LogP contribution in [0.3, 0.4) is 0 Å². The van der Waals surface area contributed by atoms with Gasteiger partial charge in [0.15, 0.2) is 15.8 Å². The Hall–Kier alpha value is -3.10. The smallest absolute Gasteiger partial charge is 0.285 e. The zero-order valence-corrected chi connectivity index (χ0v) is 18.8. The zero-order valence-electron chi connectivity index (χ0n) is 17.2. The molecule has 160 valence electrons. The summed E-state index contributed by atoms with van der Waals surface area (Å²) in [5.74, 6) is 0.429. The Kier molecular flexibility index (Phi) is 7.49. The lowest BCUT2D eigenvalue weighted by atomic mass is 10.0. The second-order valence-electron chi connectivity index (χ2n) is 6.46. The maximum Gasteiger partial charge on any atom is 0.285 e. The third kappa shape index (κ3) is 5.15.